The molecule has 0 bridgehead atoms. The van der Waals surface area contributed by atoms with E-state index >= 15 is 0 Å². The van der Waals surface area contributed by atoms with Gasteiger partial charge in [0.15, 0.2) is 0 Å². The summed E-state index contributed by atoms with van der Waals surface area (Å²) in [5, 5.41) is 15.7. The van der Waals surface area contributed by atoms with Crippen molar-refractivity contribution in [3.05, 3.63) is 108 Å². The Kier molecular flexibility index (Phi) is 5.16. The molecular weight excluding hydrogens is 362 g/mol. The molecule has 0 aromatic heterocycles. The van der Waals surface area contributed by atoms with Crippen LogP contribution in [-0.4, -0.2) is 18.1 Å². The topological polar surface area (TPSA) is 58.6 Å². The SMILES string of the molecule is COc1ccccc1C(NC(=O)c1ccccc1)c1c(O)ccc2ccccc12. The zero-order valence-corrected chi connectivity index (χ0v) is 16.0. The normalized spacial score (nSPS) is 11.8. The zero-order chi connectivity index (χ0) is 20.2. The van der Waals surface area contributed by atoms with Gasteiger partial charge in [-0.25, -0.2) is 0 Å². The van der Waals surface area contributed by atoms with Crippen molar-refractivity contribution >= 4 is 16.7 Å². The van der Waals surface area contributed by atoms with E-state index in [-0.39, 0.29) is 11.7 Å². The van der Waals surface area contributed by atoms with Crippen molar-refractivity contribution in [3.63, 3.8) is 0 Å². The summed E-state index contributed by atoms with van der Waals surface area (Å²) in [6.45, 7) is 0. The maximum atomic E-state index is 13.0. The lowest BCUT2D eigenvalue weighted by Gasteiger charge is -2.24. The number of carbonyl (C=O) groups excluding carboxylic acids is 1. The highest BCUT2D eigenvalue weighted by Crippen LogP contribution is 2.38. The number of nitrogens with one attached hydrogen (secondary N) is 1. The third kappa shape index (κ3) is 3.65. The Bertz CT molecular complexity index is 1160. The van der Waals surface area contributed by atoms with E-state index in [1.165, 1.54) is 0 Å². The van der Waals surface area contributed by atoms with Crippen LogP contribution in [0.25, 0.3) is 10.8 Å². The van der Waals surface area contributed by atoms with Crippen molar-refractivity contribution in [2.75, 3.05) is 7.11 Å². The molecule has 4 nitrogen and oxygen atoms in total. The summed E-state index contributed by atoms with van der Waals surface area (Å²) in [5.41, 5.74) is 1.95. The van der Waals surface area contributed by atoms with Crippen LogP contribution < -0.4 is 10.1 Å². The number of carbonyl (C=O) groups is 1. The minimum atomic E-state index is -0.593. The Balaban J connectivity index is 1.90. The zero-order valence-electron chi connectivity index (χ0n) is 16.0. The second kappa shape index (κ2) is 8.07. The second-order valence-electron chi connectivity index (χ2n) is 6.73. The summed E-state index contributed by atoms with van der Waals surface area (Å²) in [7, 11) is 1.60. The molecule has 1 amide bonds. The van der Waals surface area contributed by atoms with Crippen LogP contribution in [0.2, 0.25) is 0 Å². The van der Waals surface area contributed by atoms with Crippen LogP contribution in [0.1, 0.15) is 27.5 Å². The molecule has 0 aliphatic rings. The Morgan fingerprint density at radius 2 is 1.55 bits per heavy atom. The number of rotatable bonds is 5. The number of phenolic OH excluding ortho intramolecular Hbond substituents is 1. The maximum absolute atomic E-state index is 13.0. The molecular formula is C25H21NO3. The van der Waals surface area contributed by atoms with Crippen molar-refractivity contribution in [2.45, 2.75) is 6.04 Å². The van der Waals surface area contributed by atoms with Gasteiger partial charge in [-0.05, 0) is 35.0 Å². The van der Waals surface area contributed by atoms with Crippen LogP contribution in [0.3, 0.4) is 0 Å². The average molecular weight is 383 g/mol. The Morgan fingerprint density at radius 1 is 0.862 bits per heavy atom. The number of fused-ring (bicyclic) bond motifs is 1. The number of hydrogen-bond acceptors (Lipinski definition) is 3. The largest absolute Gasteiger partial charge is 0.508 e. The number of phenols is 1. The molecule has 4 rings (SSSR count). The molecule has 4 heteroatoms. The van der Waals surface area contributed by atoms with Gasteiger partial charge in [-0.15, -0.1) is 0 Å². The summed E-state index contributed by atoms with van der Waals surface area (Å²) in [4.78, 5) is 13.0. The average Bonchev–Trinajstić information content (AvgIpc) is 2.78. The molecule has 0 saturated carbocycles. The van der Waals surface area contributed by atoms with Gasteiger partial charge in [-0.3, -0.25) is 4.79 Å². The summed E-state index contributed by atoms with van der Waals surface area (Å²) in [5.74, 6) is 0.528. The number of ether oxygens (including phenoxy) is 1. The second-order valence-corrected chi connectivity index (χ2v) is 6.73. The standard InChI is InChI=1S/C25H21NO3/c1-29-22-14-8-7-13-20(22)24(26-25(28)18-10-3-2-4-11-18)23-19-12-6-5-9-17(19)15-16-21(23)27/h2-16,24,27H,1H3,(H,26,28). The first-order valence-electron chi connectivity index (χ1n) is 9.38. The molecule has 4 aromatic carbocycles. The molecule has 0 spiro atoms. The van der Waals surface area contributed by atoms with Crippen LogP contribution in [0, 0.1) is 0 Å². The Morgan fingerprint density at radius 3 is 2.34 bits per heavy atom. The smallest absolute Gasteiger partial charge is 0.252 e. The van der Waals surface area contributed by atoms with Gasteiger partial charge < -0.3 is 15.2 Å². The van der Waals surface area contributed by atoms with E-state index in [1.54, 1.807) is 25.3 Å². The minimum absolute atomic E-state index is 0.118. The molecule has 29 heavy (non-hydrogen) atoms. The molecule has 4 aromatic rings. The summed E-state index contributed by atoms with van der Waals surface area (Å²) in [6, 6.07) is 27.3. The fourth-order valence-electron chi connectivity index (χ4n) is 3.60. The lowest BCUT2D eigenvalue weighted by atomic mass is 9.92. The van der Waals surface area contributed by atoms with Gasteiger partial charge in [0, 0.05) is 16.7 Å². The molecule has 0 radical (unpaired) electrons. The molecule has 0 aliphatic carbocycles. The summed E-state index contributed by atoms with van der Waals surface area (Å²) < 4.78 is 5.55. The summed E-state index contributed by atoms with van der Waals surface area (Å²) >= 11 is 0. The fourth-order valence-corrected chi connectivity index (χ4v) is 3.60. The van der Waals surface area contributed by atoms with Gasteiger partial charge in [0.2, 0.25) is 0 Å². The molecule has 2 N–H and O–H groups in total. The summed E-state index contributed by atoms with van der Waals surface area (Å²) in [6.07, 6.45) is 0. The molecule has 144 valence electrons. The third-order valence-corrected chi connectivity index (χ3v) is 5.00. The van der Waals surface area contributed by atoms with Gasteiger partial charge in [0.25, 0.3) is 5.91 Å². The molecule has 0 saturated heterocycles. The highest BCUT2D eigenvalue weighted by Gasteiger charge is 2.25. The van der Waals surface area contributed by atoms with Gasteiger partial charge in [0.05, 0.1) is 13.2 Å². The van der Waals surface area contributed by atoms with Crippen molar-refractivity contribution in [1.82, 2.24) is 5.32 Å². The predicted molar refractivity (Wildman–Crippen MR) is 114 cm³/mol. The third-order valence-electron chi connectivity index (χ3n) is 5.00. The lowest BCUT2D eigenvalue weighted by molar-refractivity contribution is 0.0942. The van der Waals surface area contributed by atoms with Crippen molar-refractivity contribution in [2.24, 2.45) is 0 Å². The monoisotopic (exact) mass is 383 g/mol. The first kappa shape index (κ1) is 18.6. The van der Waals surface area contributed by atoms with E-state index in [2.05, 4.69) is 5.32 Å². The number of para-hydroxylation sites is 1. The first-order chi connectivity index (χ1) is 14.2. The van der Waals surface area contributed by atoms with Crippen LogP contribution in [0.15, 0.2) is 91.0 Å². The van der Waals surface area contributed by atoms with Gasteiger partial charge in [0.1, 0.15) is 11.5 Å². The molecule has 1 unspecified atom stereocenters. The van der Waals surface area contributed by atoms with E-state index in [0.29, 0.717) is 16.9 Å². The van der Waals surface area contributed by atoms with Gasteiger partial charge >= 0.3 is 0 Å². The van der Waals surface area contributed by atoms with E-state index in [4.69, 9.17) is 4.74 Å². The molecule has 0 aliphatic heterocycles. The Labute approximate surface area is 169 Å². The molecule has 1 atom stereocenters. The van der Waals surface area contributed by atoms with Crippen molar-refractivity contribution < 1.29 is 14.6 Å². The number of methoxy groups -OCH3 is 1. The predicted octanol–water partition coefficient (Wildman–Crippen LogP) is 5.07. The van der Waals surface area contributed by atoms with Crippen LogP contribution in [0.4, 0.5) is 0 Å². The van der Waals surface area contributed by atoms with Crippen LogP contribution in [0.5, 0.6) is 11.5 Å². The number of amides is 1. The fraction of sp³-hybridized carbons (Fsp3) is 0.0800. The van der Waals surface area contributed by atoms with Gasteiger partial charge in [-0.1, -0.05) is 66.7 Å². The van der Waals surface area contributed by atoms with E-state index < -0.39 is 6.04 Å². The highest BCUT2D eigenvalue weighted by atomic mass is 16.5. The minimum Gasteiger partial charge on any atom is -0.508 e. The van der Waals surface area contributed by atoms with Crippen LogP contribution >= 0.6 is 0 Å². The lowest BCUT2D eigenvalue weighted by Crippen LogP contribution is -2.29. The van der Waals surface area contributed by atoms with Crippen LogP contribution in [-0.2, 0) is 0 Å². The highest BCUT2D eigenvalue weighted by molar-refractivity contribution is 5.96. The van der Waals surface area contributed by atoms with E-state index in [0.717, 1.165) is 16.3 Å². The maximum Gasteiger partial charge on any atom is 0.252 e. The quantitative estimate of drug-likeness (QED) is 0.506. The molecule has 0 heterocycles. The number of aromatic hydroxyl groups is 1. The van der Waals surface area contributed by atoms with E-state index in [1.807, 2.05) is 72.8 Å². The number of benzene rings is 4. The van der Waals surface area contributed by atoms with Crippen molar-refractivity contribution in [1.29, 1.82) is 0 Å². The van der Waals surface area contributed by atoms with Crippen molar-refractivity contribution in [3.8, 4) is 11.5 Å². The first-order valence-corrected chi connectivity index (χ1v) is 9.38. The van der Waals surface area contributed by atoms with Gasteiger partial charge in [-0.2, -0.15) is 0 Å². The van der Waals surface area contributed by atoms with E-state index in [9.17, 15) is 9.90 Å². The number of hydrogen-bond donors (Lipinski definition) is 2. The Hall–Kier alpha value is -3.79. The molecule has 0 fully saturated rings.